The number of amides is 1. The van der Waals surface area contributed by atoms with E-state index in [1.165, 1.54) is 0 Å². The van der Waals surface area contributed by atoms with Gasteiger partial charge in [-0.2, -0.15) is 0 Å². The zero-order valence-electron chi connectivity index (χ0n) is 11.7. The minimum absolute atomic E-state index is 0.0754. The fourth-order valence-corrected chi connectivity index (χ4v) is 3.43. The van der Waals surface area contributed by atoms with Crippen LogP contribution < -0.4 is 15.8 Å². The smallest absolute Gasteiger partial charge is 0.223 e. The summed E-state index contributed by atoms with van der Waals surface area (Å²) in [6.07, 6.45) is 4.00. The summed E-state index contributed by atoms with van der Waals surface area (Å²) in [5.74, 6) is 1.51. The van der Waals surface area contributed by atoms with Crippen molar-refractivity contribution in [2.75, 3.05) is 13.2 Å². The SMILES string of the molecule is NCC1CCCC1C(=O)NC1CCOc2ccccc21. The topological polar surface area (TPSA) is 64.4 Å². The lowest BCUT2D eigenvalue weighted by Gasteiger charge is -2.28. The zero-order valence-corrected chi connectivity index (χ0v) is 11.7. The van der Waals surface area contributed by atoms with Crippen LogP contribution in [0.5, 0.6) is 5.75 Å². The van der Waals surface area contributed by atoms with Crippen molar-refractivity contribution < 1.29 is 9.53 Å². The Morgan fingerprint density at radius 2 is 2.15 bits per heavy atom. The third-order valence-electron chi connectivity index (χ3n) is 4.57. The van der Waals surface area contributed by atoms with E-state index in [1.54, 1.807) is 0 Å². The first kappa shape index (κ1) is 13.4. The molecular weight excluding hydrogens is 252 g/mol. The number of nitrogens with one attached hydrogen (secondary N) is 1. The summed E-state index contributed by atoms with van der Waals surface area (Å²) in [6.45, 7) is 1.27. The molecular formula is C16H22N2O2. The van der Waals surface area contributed by atoms with Crippen LogP contribution in [-0.2, 0) is 4.79 Å². The van der Waals surface area contributed by atoms with Gasteiger partial charge >= 0.3 is 0 Å². The summed E-state index contributed by atoms with van der Waals surface area (Å²) in [5, 5.41) is 3.21. The van der Waals surface area contributed by atoms with Crippen LogP contribution in [0.2, 0.25) is 0 Å². The van der Waals surface area contributed by atoms with E-state index in [-0.39, 0.29) is 17.9 Å². The number of hydrogen-bond donors (Lipinski definition) is 2. The highest BCUT2D eigenvalue weighted by atomic mass is 16.5. The molecule has 0 aromatic heterocycles. The molecule has 0 saturated heterocycles. The molecule has 1 amide bonds. The molecule has 1 aliphatic carbocycles. The molecule has 0 spiro atoms. The maximum atomic E-state index is 12.5. The van der Waals surface area contributed by atoms with Gasteiger partial charge in [0.2, 0.25) is 5.91 Å². The number of benzene rings is 1. The molecule has 4 heteroatoms. The standard InChI is InChI=1S/C16H22N2O2/c17-10-11-4-3-6-12(11)16(19)18-14-8-9-20-15-7-2-1-5-13(14)15/h1-2,5,7,11-12,14H,3-4,6,8-10,17H2,(H,18,19). The maximum absolute atomic E-state index is 12.5. The van der Waals surface area contributed by atoms with E-state index in [9.17, 15) is 4.79 Å². The first-order valence-electron chi connectivity index (χ1n) is 7.51. The van der Waals surface area contributed by atoms with Gasteiger partial charge in [-0.1, -0.05) is 24.6 Å². The first-order valence-corrected chi connectivity index (χ1v) is 7.51. The summed E-state index contributed by atoms with van der Waals surface area (Å²) in [4.78, 5) is 12.5. The molecule has 1 aromatic carbocycles. The summed E-state index contributed by atoms with van der Waals surface area (Å²) in [7, 11) is 0. The van der Waals surface area contributed by atoms with Crippen LogP contribution in [0.1, 0.15) is 37.3 Å². The highest BCUT2D eigenvalue weighted by Crippen LogP contribution is 2.34. The van der Waals surface area contributed by atoms with E-state index in [4.69, 9.17) is 10.5 Å². The Morgan fingerprint density at radius 1 is 1.30 bits per heavy atom. The third-order valence-corrected chi connectivity index (χ3v) is 4.57. The number of carbonyl (C=O) groups excluding carboxylic acids is 1. The Morgan fingerprint density at radius 3 is 3.00 bits per heavy atom. The molecule has 2 aliphatic rings. The molecule has 3 rings (SSSR count). The van der Waals surface area contributed by atoms with Crippen LogP contribution >= 0.6 is 0 Å². The number of carbonyl (C=O) groups is 1. The van der Waals surface area contributed by atoms with Crippen LogP contribution in [-0.4, -0.2) is 19.1 Å². The highest BCUT2D eigenvalue weighted by Gasteiger charge is 2.33. The Labute approximate surface area is 119 Å². The van der Waals surface area contributed by atoms with Gasteiger partial charge in [0.1, 0.15) is 5.75 Å². The summed E-state index contributed by atoms with van der Waals surface area (Å²) >= 11 is 0. The quantitative estimate of drug-likeness (QED) is 0.886. The van der Waals surface area contributed by atoms with Crippen molar-refractivity contribution in [2.24, 2.45) is 17.6 Å². The fraction of sp³-hybridized carbons (Fsp3) is 0.562. The van der Waals surface area contributed by atoms with Crippen LogP contribution in [0.4, 0.5) is 0 Å². The Balaban J connectivity index is 1.71. The predicted octanol–water partition coefficient (Wildman–Crippen LogP) is 2.00. The molecule has 3 unspecified atom stereocenters. The van der Waals surface area contributed by atoms with E-state index in [2.05, 4.69) is 5.32 Å². The largest absolute Gasteiger partial charge is 0.493 e. The number of rotatable bonds is 3. The van der Waals surface area contributed by atoms with E-state index in [1.807, 2.05) is 24.3 Å². The average molecular weight is 274 g/mol. The lowest BCUT2D eigenvalue weighted by molar-refractivity contribution is -0.126. The number of fused-ring (bicyclic) bond motifs is 1. The second-order valence-corrected chi connectivity index (χ2v) is 5.77. The van der Waals surface area contributed by atoms with Crippen LogP contribution in [0.3, 0.4) is 0 Å². The molecule has 108 valence electrons. The van der Waals surface area contributed by atoms with Gasteiger partial charge in [0.25, 0.3) is 0 Å². The molecule has 3 N–H and O–H groups in total. The van der Waals surface area contributed by atoms with Crippen molar-refractivity contribution in [1.29, 1.82) is 0 Å². The Kier molecular flexibility index (Phi) is 3.92. The summed E-state index contributed by atoms with van der Waals surface area (Å²) in [6, 6.07) is 8.03. The normalized spacial score (nSPS) is 28.6. The van der Waals surface area contributed by atoms with Gasteiger partial charge < -0.3 is 15.8 Å². The Hall–Kier alpha value is -1.55. The molecule has 1 aromatic rings. The van der Waals surface area contributed by atoms with E-state index in [0.717, 1.165) is 37.0 Å². The number of nitrogens with two attached hydrogens (primary N) is 1. The molecule has 1 aliphatic heterocycles. The monoisotopic (exact) mass is 274 g/mol. The minimum Gasteiger partial charge on any atom is -0.493 e. The summed E-state index contributed by atoms with van der Waals surface area (Å²) in [5.41, 5.74) is 6.86. The molecule has 1 fully saturated rings. The van der Waals surface area contributed by atoms with Crippen LogP contribution in [0.15, 0.2) is 24.3 Å². The summed E-state index contributed by atoms with van der Waals surface area (Å²) < 4.78 is 5.63. The molecule has 20 heavy (non-hydrogen) atoms. The van der Waals surface area contributed by atoms with Gasteiger partial charge in [-0.3, -0.25) is 4.79 Å². The molecule has 4 nitrogen and oxygen atoms in total. The van der Waals surface area contributed by atoms with Crippen LogP contribution in [0.25, 0.3) is 0 Å². The molecule has 0 radical (unpaired) electrons. The van der Waals surface area contributed by atoms with Crippen molar-refractivity contribution in [3.8, 4) is 5.75 Å². The van der Waals surface area contributed by atoms with Gasteiger partial charge in [0.15, 0.2) is 0 Å². The molecule has 1 saturated carbocycles. The lowest BCUT2D eigenvalue weighted by atomic mass is 9.93. The second kappa shape index (κ2) is 5.83. The van der Waals surface area contributed by atoms with Gasteiger partial charge in [-0.15, -0.1) is 0 Å². The fourth-order valence-electron chi connectivity index (χ4n) is 3.43. The highest BCUT2D eigenvalue weighted by molar-refractivity contribution is 5.80. The van der Waals surface area contributed by atoms with Gasteiger partial charge in [-0.25, -0.2) is 0 Å². The second-order valence-electron chi connectivity index (χ2n) is 5.77. The minimum atomic E-state index is 0.0754. The van der Waals surface area contributed by atoms with Crippen molar-refractivity contribution in [1.82, 2.24) is 5.32 Å². The van der Waals surface area contributed by atoms with Gasteiger partial charge in [-0.05, 0) is 31.4 Å². The molecule has 3 atom stereocenters. The Bertz CT molecular complexity index is 489. The van der Waals surface area contributed by atoms with Crippen molar-refractivity contribution >= 4 is 5.91 Å². The van der Waals surface area contributed by atoms with E-state index >= 15 is 0 Å². The van der Waals surface area contributed by atoms with Crippen molar-refractivity contribution in [3.05, 3.63) is 29.8 Å². The first-order chi connectivity index (χ1) is 9.79. The molecule has 1 heterocycles. The van der Waals surface area contributed by atoms with E-state index in [0.29, 0.717) is 19.1 Å². The third kappa shape index (κ3) is 2.52. The van der Waals surface area contributed by atoms with Crippen molar-refractivity contribution in [3.63, 3.8) is 0 Å². The zero-order chi connectivity index (χ0) is 13.9. The number of ether oxygens (including phenoxy) is 1. The van der Waals surface area contributed by atoms with Crippen LogP contribution in [0, 0.1) is 11.8 Å². The predicted molar refractivity (Wildman–Crippen MR) is 77.3 cm³/mol. The maximum Gasteiger partial charge on any atom is 0.223 e. The van der Waals surface area contributed by atoms with Gasteiger partial charge in [0.05, 0.1) is 12.6 Å². The number of hydrogen-bond acceptors (Lipinski definition) is 3. The average Bonchev–Trinajstić information content (AvgIpc) is 2.96. The molecule has 0 bridgehead atoms. The van der Waals surface area contributed by atoms with E-state index < -0.39 is 0 Å². The number of para-hydroxylation sites is 1. The lowest BCUT2D eigenvalue weighted by Crippen LogP contribution is -2.38. The van der Waals surface area contributed by atoms with Gasteiger partial charge in [0, 0.05) is 17.9 Å². The van der Waals surface area contributed by atoms with Crippen molar-refractivity contribution in [2.45, 2.75) is 31.7 Å².